The Balaban J connectivity index is 1.90. The van der Waals surface area contributed by atoms with E-state index in [9.17, 15) is 9.59 Å². The van der Waals surface area contributed by atoms with Crippen molar-refractivity contribution in [2.75, 3.05) is 11.4 Å². The summed E-state index contributed by atoms with van der Waals surface area (Å²) in [5.41, 5.74) is 1.13. The van der Waals surface area contributed by atoms with E-state index in [4.69, 9.17) is 0 Å². The Hall–Kier alpha value is -1.95. The van der Waals surface area contributed by atoms with Crippen LogP contribution in [0, 0.1) is 0 Å². The summed E-state index contributed by atoms with van der Waals surface area (Å²) in [6, 6.07) is 5.26. The number of anilines is 1. The maximum atomic E-state index is 12.0. The highest BCUT2D eigenvalue weighted by Gasteiger charge is 2.36. The van der Waals surface area contributed by atoms with Crippen molar-refractivity contribution < 1.29 is 9.59 Å². The van der Waals surface area contributed by atoms with Crippen LogP contribution in [0.1, 0.15) is 10.4 Å². The number of ketones is 1. The van der Waals surface area contributed by atoms with E-state index in [1.165, 1.54) is 4.90 Å². The predicted octanol–water partition coefficient (Wildman–Crippen LogP) is 1.88. The van der Waals surface area contributed by atoms with Crippen LogP contribution in [0.4, 0.5) is 5.69 Å². The van der Waals surface area contributed by atoms with Gasteiger partial charge >= 0.3 is 0 Å². The van der Waals surface area contributed by atoms with Crippen molar-refractivity contribution >= 4 is 33.3 Å². The third-order valence-corrected chi connectivity index (χ3v) is 3.72. The third kappa shape index (κ3) is 1.98. The number of aromatic nitrogens is 2. The van der Waals surface area contributed by atoms with Crippen molar-refractivity contribution in [3.63, 3.8) is 0 Å². The monoisotopic (exact) mass is 319 g/mol. The smallest absolute Gasteiger partial charge is 0.299 e. The quantitative estimate of drug-likeness (QED) is 0.812. The summed E-state index contributed by atoms with van der Waals surface area (Å²) < 4.78 is 2.63. The molecule has 19 heavy (non-hydrogen) atoms. The average Bonchev–Trinajstić information content (AvgIpc) is 2.99. The van der Waals surface area contributed by atoms with E-state index in [1.807, 2.05) is 16.8 Å². The number of hydrogen-bond acceptors (Lipinski definition) is 3. The van der Waals surface area contributed by atoms with Crippen LogP contribution >= 0.6 is 15.9 Å². The van der Waals surface area contributed by atoms with E-state index in [0.29, 0.717) is 24.3 Å². The molecule has 0 N–H and O–H groups in total. The van der Waals surface area contributed by atoms with Gasteiger partial charge in [0, 0.05) is 30.0 Å². The molecule has 96 valence electrons. The zero-order valence-corrected chi connectivity index (χ0v) is 11.5. The molecule has 2 heterocycles. The first-order chi connectivity index (χ1) is 9.18. The van der Waals surface area contributed by atoms with Crippen LogP contribution < -0.4 is 4.90 Å². The lowest BCUT2D eigenvalue weighted by Crippen LogP contribution is -2.32. The van der Waals surface area contributed by atoms with Crippen molar-refractivity contribution in [1.82, 2.24) is 9.55 Å². The highest BCUT2D eigenvalue weighted by molar-refractivity contribution is 9.10. The summed E-state index contributed by atoms with van der Waals surface area (Å²) in [6.07, 6.45) is 5.19. The molecule has 1 aromatic carbocycles. The molecule has 0 spiro atoms. The van der Waals surface area contributed by atoms with Crippen LogP contribution in [-0.2, 0) is 11.3 Å². The number of nitrogens with zero attached hydrogens (tertiary/aromatic N) is 3. The topological polar surface area (TPSA) is 55.2 Å². The minimum atomic E-state index is -0.470. The Morgan fingerprint density at radius 3 is 2.79 bits per heavy atom. The summed E-state index contributed by atoms with van der Waals surface area (Å²) in [6.45, 7) is 1.04. The van der Waals surface area contributed by atoms with E-state index in [1.54, 1.807) is 24.7 Å². The molecular formula is C13H10BrN3O2. The van der Waals surface area contributed by atoms with Crippen LogP contribution in [-0.4, -0.2) is 27.8 Å². The van der Waals surface area contributed by atoms with Gasteiger partial charge in [0.15, 0.2) is 0 Å². The number of Topliss-reactive ketones (excluding diaryl/α,β-unsaturated/α-hetero) is 1. The van der Waals surface area contributed by atoms with E-state index in [0.717, 1.165) is 4.47 Å². The Kier molecular flexibility index (Phi) is 2.94. The molecule has 2 aromatic rings. The van der Waals surface area contributed by atoms with Gasteiger partial charge in [-0.1, -0.05) is 6.07 Å². The van der Waals surface area contributed by atoms with E-state index < -0.39 is 11.7 Å². The average molecular weight is 320 g/mol. The van der Waals surface area contributed by atoms with Gasteiger partial charge in [-0.25, -0.2) is 4.98 Å². The molecule has 0 radical (unpaired) electrons. The van der Waals surface area contributed by atoms with Crippen LogP contribution in [0.25, 0.3) is 0 Å². The fourth-order valence-electron chi connectivity index (χ4n) is 2.16. The van der Waals surface area contributed by atoms with Crippen molar-refractivity contribution in [2.45, 2.75) is 6.54 Å². The summed E-state index contributed by atoms with van der Waals surface area (Å²) in [5.74, 6) is -0.913. The standard InChI is InChI=1S/C13H10BrN3O2/c14-10-3-1-2-9-11(10)17(13(19)12(9)18)7-6-16-5-4-15-8-16/h1-5,8H,6-7H2. The molecule has 0 fully saturated rings. The second-order valence-electron chi connectivity index (χ2n) is 4.22. The highest BCUT2D eigenvalue weighted by Crippen LogP contribution is 2.35. The maximum absolute atomic E-state index is 12.0. The Morgan fingerprint density at radius 1 is 1.21 bits per heavy atom. The van der Waals surface area contributed by atoms with Gasteiger partial charge in [0.1, 0.15) is 0 Å². The molecule has 1 aliphatic rings. The molecular weight excluding hydrogens is 310 g/mol. The van der Waals surface area contributed by atoms with Crippen LogP contribution in [0.3, 0.4) is 0 Å². The molecule has 3 rings (SSSR count). The molecule has 5 nitrogen and oxygen atoms in total. The molecule has 1 amide bonds. The predicted molar refractivity (Wildman–Crippen MR) is 73.1 cm³/mol. The van der Waals surface area contributed by atoms with Crippen LogP contribution in [0.5, 0.6) is 0 Å². The molecule has 0 saturated heterocycles. The van der Waals surface area contributed by atoms with Crippen LogP contribution in [0.2, 0.25) is 0 Å². The van der Waals surface area contributed by atoms with Gasteiger partial charge in [-0.05, 0) is 28.1 Å². The van der Waals surface area contributed by atoms with Gasteiger partial charge < -0.3 is 9.47 Å². The molecule has 0 atom stereocenters. The number of para-hydroxylation sites is 1. The normalized spacial score (nSPS) is 14.1. The van der Waals surface area contributed by atoms with Gasteiger partial charge in [-0.15, -0.1) is 0 Å². The Bertz CT molecular complexity index is 652. The number of rotatable bonds is 3. The molecule has 0 aliphatic carbocycles. The summed E-state index contributed by atoms with van der Waals surface area (Å²) in [5, 5.41) is 0. The largest absolute Gasteiger partial charge is 0.336 e. The van der Waals surface area contributed by atoms with Crippen molar-refractivity contribution in [1.29, 1.82) is 0 Å². The SMILES string of the molecule is O=C1C(=O)N(CCn2ccnc2)c2c(Br)cccc21. The minimum Gasteiger partial charge on any atom is -0.336 e. The number of carbonyl (C=O) groups is 2. The first kappa shape index (κ1) is 12.1. The number of imidazole rings is 1. The second-order valence-corrected chi connectivity index (χ2v) is 5.08. The van der Waals surface area contributed by atoms with E-state index in [2.05, 4.69) is 20.9 Å². The zero-order chi connectivity index (χ0) is 13.4. The molecule has 6 heteroatoms. The van der Waals surface area contributed by atoms with E-state index >= 15 is 0 Å². The van der Waals surface area contributed by atoms with Crippen molar-refractivity contribution in [3.05, 3.63) is 47.0 Å². The molecule has 1 aromatic heterocycles. The number of benzene rings is 1. The summed E-state index contributed by atoms with van der Waals surface area (Å²) in [7, 11) is 0. The van der Waals surface area contributed by atoms with Crippen molar-refractivity contribution in [3.8, 4) is 0 Å². The number of carbonyl (C=O) groups excluding carboxylic acids is 2. The Labute approximate surface area is 118 Å². The number of halogens is 1. The van der Waals surface area contributed by atoms with Crippen LogP contribution in [0.15, 0.2) is 41.4 Å². The lowest BCUT2D eigenvalue weighted by Gasteiger charge is -2.17. The molecule has 0 unspecified atom stereocenters. The van der Waals surface area contributed by atoms with Gasteiger partial charge in [-0.2, -0.15) is 0 Å². The summed E-state index contributed by atoms with van der Waals surface area (Å²) in [4.78, 5) is 29.4. The van der Waals surface area contributed by atoms with Gasteiger partial charge in [0.2, 0.25) is 0 Å². The Morgan fingerprint density at radius 2 is 2.05 bits per heavy atom. The highest BCUT2D eigenvalue weighted by atomic mass is 79.9. The number of amides is 1. The second kappa shape index (κ2) is 4.62. The first-order valence-electron chi connectivity index (χ1n) is 5.79. The number of hydrogen-bond donors (Lipinski definition) is 0. The van der Waals surface area contributed by atoms with Crippen molar-refractivity contribution in [2.24, 2.45) is 0 Å². The third-order valence-electron chi connectivity index (χ3n) is 3.08. The fraction of sp³-hybridized carbons (Fsp3) is 0.154. The zero-order valence-electron chi connectivity index (χ0n) is 9.91. The molecule has 0 bridgehead atoms. The lowest BCUT2D eigenvalue weighted by molar-refractivity contribution is -0.114. The maximum Gasteiger partial charge on any atom is 0.299 e. The molecule has 1 aliphatic heterocycles. The molecule has 0 saturated carbocycles. The first-order valence-corrected chi connectivity index (χ1v) is 6.58. The van der Waals surface area contributed by atoms with Gasteiger partial charge in [-0.3, -0.25) is 9.59 Å². The van der Waals surface area contributed by atoms with Gasteiger partial charge in [0.05, 0.1) is 17.6 Å². The van der Waals surface area contributed by atoms with E-state index in [-0.39, 0.29) is 0 Å². The number of fused-ring (bicyclic) bond motifs is 1. The summed E-state index contributed by atoms with van der Waals surface area (Å²) >= 11 is 3.40. The lowest BCUT2D eigenvalue weighted by atomic mass is 10.1. The fourth-order valence-corrected chi connectivity index (χ4v) is 2.74. The minimum absolute atomic E-state index is 0.441. The van der Waals surface area contributed by atoms with Gasteiger partial charge in [0.25, 0.3) is 11.7 Å².